The molecule has 11 nitrogen and oxygen atoms in total. The molecule has 3 N–H and O–H groups in total. The molecule has 1 aromatic carbocycles. The second kappa shape index (κ2) is 10.7. The fourth-order valence-corrected chi connectivity index (χ4v) is 5.75. The van der Waals surface area contributed by atoms with Gasteiger partial charge >= 0.3 is 8.25 Å². The number of carbonyl (C=O) groups is 1. The van der Waals surface area contributed by atoms with Gasteiger partial charge in [-0.3, -0.25) is 4.79 Å². The minimum absolute atomic E-state index is 0.170. The van der Waals surface area contributed by atoms with Crippen molar-refractivity contribution in [1.82, 2.24) is 14.5 Å². The molecule has 0 saturated carbocycles. The van der Waals surface area contributed by atoms with Crippen LogP contribution in [-0.4, -0.2) is 63.7 Å². The predicted molar refractivity (Wildman–Crippen MR) is 140 cm³/mol. The number of aromatic nitrogens is 3. The van der Waals surface area contributed by atoms with Crippen molar-refractivity contribution >= 4 is 39.3 Å². The molecule has 37 heavy (non-hydrogen) atoms. The maximum Gasteiger partial charge on any atom is 0.695 e. The highest BCUT2D eigenvalue weighted by Gasteiger charge is 2.54. The first-order chi connectivity index (χ1) is 17.4. The van der Waals surface area contributed by atoms with Crippen molar-refractivity contribution in [2.24, 2.45) is 0 Å². The Bertz CT molecular complexity index is 1280. The van der Waals surface area contributed by atoms with Crippen molar-refractivity contribution in [2.75, 3.05) is 11.9 Å². The number of benzene rings is 1. The van der Waals surface area contributed by atoms with Gasteiger partial charge in [-0.25, -0.2) is 9.97 Å². The van der Waals surface area contributed by atoms with Crippen LogP contribution in [0.5, 0.6) is 0 Å². The fraction of sp³-hybridized carbons (Fsp3) is 0.458. The molecule has 0 spiro atoms. The second-order valence-corrected chi connectivity index (χ2v) is 15.8. The van der Waals surface area contributed by atoms with Crippen molar-refractivity contribution in [1.29, 1.82) is 0 Å². The largest absolute Gasteiger partial charge is 0.695 e. The number of anilines is 1. The van der Waals surface area contributed by atoms with Crippen molar-refractivity contribution in [2.45, 2.75) is 63.4 Å². The Balaban J connectivity index is 1.72. The van der Waals surface area contributed by atoms with Crippen LogP contribution in [0.2, 0.25) is 18.1 Å². The SMILES string of the molecule is CC(C)(C)[Si](C)(C)OC1[C@@H](O[P+](=O)O)[C@@H](CO)O[C@H]1n1ccc2c(NC(=O)c3ccccc3)ncnc21. The third-order valence-corrected chi connectivity index (χ3v) is 11.9. The van der Waals surface area contributed by atoms with Gasteiger partial charge in [0.1, 0.15) is 30.0 Å². The smallest absolute Gasteiger partial charge is 0.406 e. The highest BCUT2D eigenvalue weighted by atomic mass is 31.1. The van der Waals surface area contributed by atoms with Crippen LogP contribution in [0.4, 0.5) is 5.82 Å². The number of ether oxygens (including phenoxy) is 1. The average Bonchev–Trinajstić information content (AvgIpc) is 3.40. The van der Waals surface area contributed by atoms with Gasteiger partial charge in [0.25, 0.3) is 5.91 Å². The first-order valence-corrected chi connectivity index (χ1v) is 15.9. The summed E-state index contributed by atoms with van der Waals surface area (Å²) in [6.45, 7) is 9.91. The number of aliphatic hydroxyl groups is 1. The number of amides is 1. The van der Waals surface area contributed by atoms with Gasteiger partial charge in [-0.2, -0.15) is 0 Å². The molecule has 1 amide bonds. The van der Waals surface area contributed by atoms with E-state index >= 15 is 0 Å². The molecule has 0 aliphatic carbocycles. The zero-order valence-electron chi connectivity index (χ0n) is 21.4. The highest BCUT2D eigenvalue weighted by molar-refractivity contribution is 7.32. The van der Waals surface area contributed by atoms with Crippen molar-refractivity contribution in [3.05, 3.63) is 54.5 Å². The summed E-state index contributed by atoms with van der Waals surface area (Å²) in [4.78, 5) is 30.9. The molecule has 13 heteroatoms. The van der Waals surface area contributed by atoms with Gasteiger partial charge in [-0.05, 0) is 36.3 Å². The van der Waals surface area contributed by atoms with E-state index in [0.717, 1.165) is 0 Å². The van der Waals surface area contributed by atoms with E-state index in [9.17, 15) is 19.4 Å². The lowest BCUT2D eigenvalue weighted by molar-refractivity contribution is -0.0484. The van der Waals surface area contributed by atoms with E-state index in [4.69, 9.17) is 13.7 Å². The molecule has 0 bridgehead atoms. The molecular weight excluding hydrogens is 515 g/mol. The quantitative estimate of drug-likeness (QED) is 0.281. The molecule has 1 fully saturated rings. The van der Waals surface area contributed by atoms with Gasteiger partial charge in [0.15, 0.2) is 20.6 Å². The number of fused-ring (bicyclic) bond motifs is 1. The summed E-state index contributed by atoms with van der Waals surface area (Å²) in [5, 5.41) is 13.2. The molecule has 1 aliphatic heterocycles. The molecular formula is C24H32N4O7PSi+. The maximum absolute atomic E-state index is 12.7. The molecule has 198 valence electrons. The molecule has 1 saturated heterocycles. The van der Waals surface area contributed by atoms with E-state index in [0.29, 0.717) is 22.4 Å². The summed E-state index contributed by atoms with van der Waals surface area (Å²) in [5.74, 6) is 0.00701. The third-order valence-electron chi connectivity index (χ3n) is 6.97. The normalized spacial score (nSPS) is 22.8. The number of hydrogen-bond acceptors (Lipinski definition) is 8. The maximum atomic E-state index is 12.7. The molecule has 5 atom stereocenters. The zero-order valence-corrected chi connectivity index (χ0v) is 23.3. The predicted octanol–water partition coefficient (Wildman–Crippen LogP) is 4.00. The number of rotatable bonds is 8. The Kier molecular flexibility index (Phi) is 7.91. The number of nitrogens with zero attached hydrogens (tertiary/aromatic N) is 3. The lowest BCUT2D eigenvalue weighted by atomic mass is 10.1. The number of nitrogens with one attached hydrogen (secondary N) is 1. The van der Waals surface area contributed by atoms with E-state index in [1.807, 2.05) is 6.07 Å². The lowest BCUT2D eigenvalue weighted by Gasteiger charge is -2.40. The Morgan fingerprint density at radius 2 is 1.89 bits per heavy atom. The highest BCUT2D eigenvalue weighted by Crippen LogP contribution is 2.44. The van der Waals surface area contributed by atoms with Gasteiger partial charge in [0, 0.05) is 16.3 Å². The molecule has 3 heterocycles. The van der Waals surface area contributed by atoms with E-state index < -0.39 is 47.7 Å². The van der Waals surface area contributed by atoms with Gasteiger partial charge in [0.05, 0.1) is 12.0 Å². The first-order valence-electron chi connectivity index (χ1n) is 11.9. The minimum atomic E-state index is -2.98. The lowest BCUT2D eigenvalue weighted by Crippen LogP contribution is -2.49. The third kappa shape index (κ3) is 5.65. The molecule has 2 unspecified atom stereocenters. The Labute approximate surface area is 216 Å². The van der Waals surface area contributed by atoms with Crippen LogP contribution >= 0.6 is 8.25 Å². The molecule has 2 aromatic heterocycles. The van der Waals surface area contributed by atoms with E-state index in [1.165, 1.54) is 6.33 Å². The van der Waals surface area contributed by atoms with Crippen LogP contribution in [0, 0.1) is 0 Å². The summed E-state index contributed by atoms with van der Waals surface area (Å²) < 4.78 is 31.5. The Morgan fingerprint density at radius 1 is 1.19 bits per heavy atom. The molecule has 3 aromatic rings. The molecule has 0 radical (unpaired) electrons. The Morgan fingerprint density at radius 3 is 2.51 bits per heavy atom. The number of carbonyl (C=O) groups excluding carboxylic acids is 1. The number of aliphatic hydroxyl groups excluding tert-OH is 1. The Hall–Kier alpha value is -2.57. The van der Waals surface area contributed by atoms with Crippen LogP contribution in [0.3, 0.4) is 0 Å². The summed E-state index contributed by atoms with van der Waals surface area (Å²) in [5.41, 5.74) is 0.942. The van der Waals surface area contributed by atoms with E-state index in [1.54, 1.807) is 41.1 Å². The standard InChI is InChI=1S/C24H31N4O7PSi/c1-24(2,3)37(4,5)35-19-18(34-36(31)32)17(13-29)33-23(19)28-12-11-16-20(25-14-26-21(16)28)27-22(30)15-9-7-6-8-10-15/h6-12,14,17-19,23,29H,13H2,1-5H3,(H-,25,26,27,30,31,32)/p+1/t17-,18+,19?,23-/m1/s1. The van der Waals surface area contributed by atoms with Crippen molar-refractivity contribution in [3.63, 3.8) is 0 Å². The van der Waals surface area contributed by atoms with E-state index in [-0.39, 0.29) is 10.9 Å². The van der Waals surface area contributed by atoms with Gasteiger partial charge in [0.2, 0.25) is 0 Å². The minimum Gasteiger partial charge on any atom is -0.406 e. The summed E-state index contributed by atoms with van der Waals surface area (Å²) in [6, 6.07) is 10.5. The van der Waals surface area contributed by atoms with Crippen LogP contribution in [0.15, 0.2) is 48.9 Å². The van der Waals surface area contributed by atoms with Crippen LogP contribution < -0.4 is 5.32 Å². The number of hydrogen-bond donors (Lipinski definition) is 3. The summed E-state index contributed by atoms with van der Waals surface area (Å²) in [6.07, 6.45) is -0.467. The second-order valence-electron chi connectivity index (χ2n) is 10.4. The van der Waals surface area contributed by atoms with Crippen LogP contribution in [-0.2, 0) is 18.3 Å². The zero-order chi connectivity index (χ0) is 27.0. The summed E-state index contributed by atoms with van der Waals surface area (Å²) >= 11 is 0. The van der Waals surface area contributed by atoms with Crippen molar-refractivity contribution in [3.8, 4) is 0 Å². The van der Waals surface area contributed by atoms with Gasteiger partial charge < -0.3 is 24.2 Å². The van der Waals surface area contributed by atoms with E-state index in [2.05, 4.69) is 49.1 Å². The molecule has 4 rings (SSSR count). The van der Waals surface area contributed by atoms with Crippen molar-refractivity contribution < 1.29 is 33.0 Å². The van der Waals surface area contributed by atoms with Gasteiger partial charge in [-0.1, -0.05) is 39.0 Å². The summed E-state index contributed by atoms with van der Waals surface area (Å²) in [7, 11) is -5.39. The van der Waals surface area contributed by atoms with Crippen LogP contribution in [0.1, 0.15) is 37.4 Å². The fourth-order valence-electron chi connectivity index (χ4n) is 4.00. The first kappa shape index (κ1) is 27.5. The van der Waals surface area contributed by atoms with Gasteiger partial charge in [-0.15, -0.1) is 9.42 Å². The molecule has 1 aliphatic rings. The topological polar surface area (TPSA) is 145 Å². The monoisotopic (exact) mass is 547 g/mol. The average molecular weight is 548 g/mol. The van der Waals surface area contributed by atoms with Crippen LogP contribution in [0.25, 0.3) is 11.0 Å².